The van der Waals surface area contributed by atoms with Gasteiger partial charge >= 0.3 is 5.97 Å². The van der Waals surface area contributed by atoms with Gasteiger partial charge in [0.05, 0.1) is 0 Å². The molecule has 0 rings (SSSR count). The lowest BCUT2D eigenvalue weighted by molar-refractivity contribution is -0.137. The van der Waals surface area contributed by atoms with E-state index in [9.17, 15) is 4.79 Å². The largest absolute Gasteiger partial charge is 0.457 e. The molecule has 4 heteroatoms. The SMILES string of the molecule is C=CCOC(=O)C(=C)C#N.CCOCC. The molecule has 0 heterocycles. The van der Waals surface area contributed by atoms with Gasteiger partial charge in [-0.1, -0.05) is 19.2 Å². The molecule has 0 aliphatic rings. The highest BCUT2D eigenvalue weighted by molar-refractivity contribution is 5.91. The minimum atomic E-state index is -0.692. The third-order valence-electron chi connectivity index (χ3n) is 1.12. The second kappa shape index (κ2) is 12.4. The molecular formula is C11H17NO3. The summed E-state index contributed by atoms with van der Waals surface area (Å²) in [5.41, 5.74) is -0.193. The van der Waals surface area contributed by atoms with Crippen LogP contribution >= 0.6 is 0 Å². The summed E-state index contributed by atoms with van der Waals surface area (Å²) in [6.45, 7) is 12.3. The Morgan fingerprint density at radius 1 is 1.47 bits per heavy atom. The fraction of sp³-hybridized carbons (Fsp3) is 0.455. The van der Waals surface area contributed by atoms with Gasteiger partial charge < -0.3 is 9.47 Å². The maximum absolute atomic E-state index is 10.5. The molecule has 4 nitrogen and oxygen atoms in total. The number of carbonyl (C=O) groups excluding carboxylic acids is 1. The zero-order valence-corrected chi connectivity index (χ0v) is 9.28. The third-order valence-corrected chi connectivity index (χ3v) is 1.12. The van der Waals surface area contributed by atoms with Crippen LogP contribution in [0.2, 0.25) is 0 Å². The molecule has 0 aromatic carbocycles. The first kappa shape index (κ1) is 15.9. The molecule has 15 heavy (non-hydrogen) atoms. The second-order valence-electron chi connectivity index (χ2n) is 2.26. The predicted molar refractivity (Wildman–Crippen MR) is 58.1 cm³/mol. The first-order valence-corrected chi connectivity index (χ1v) is 4.58. The smallest absolute Gasteiger partial charge is 0.348 e. The summed E-state index contributed by atoms with van der Waals surface area (Å²) >= 11 is 0. The number of hydrogen-bond donors (Lipinski definition) is 0. The Labute approximate surface area is 90.8 Å². The summed E-state index contributed by atoms with van der Waals surface area (Å²) in [7, 11) is 0. The van der Waals surface area contributed by atoms with E-state index in [1.165, 1.54) is 6.08 Å². The number of esters is 1. The standard InChI is InChI=1S/C7H7NO2.C4H10O/c1-3-4-10-7(9)6(2)5-8;1-3-5-4-2/h3H,1-2,4H2;3-4H2,1-2H3. The molecular weight excluding hydrogens is 194 g/mol. The van der Waals surface area contributed by atoms with E-state index in [2.05, 4.69) is 17.9 Å². The quantitative estimate of drug-likeness (QED) is 0.301. The van der Waals surface area contributed by atoms with Gasteiger partial charge in [0.25, 0.3) is 0 Å². The van der Waals surface area contributed by atoms with Crippen LogP contribution in [-0.2, 0) is 14.3 Å². The van der Waals surface area contributed by atoms with Crippen LogP contribution in [0.4, 0.5) is 0 Å². The van der Waals surface area contributed by atoms with Crippen molar-refractivity contribution in [3.05, 3.63) is 24.8 Å². The third kappa shape index (κ3) is 12.4. The van der Waals surface area contributed by atoms with Crippen LogP contribution < -0.4 is 0 Å². The maximum atomic E-state index is 10.5. The summed E-state index contributed by atoms with van der Waals surface area (Å²) in [4.78, 5) is 10.5. The second-order valence-corrected chi connectivity index (χ2v) is 2.26. The highest BCUT2D eigenvalue weighted by Crippen LogP contribution is 1.90. The van der Waals surface area contributed by atoms with E-state index in [1.807, 2.05) is 13.8 Å². The van der Waals surface area contributed by atoms with Gasteiger partial charge in [-0.3, -0.25) is 0 Å². The van der Waals surface area contributed by atoms with Gasteiger partial charge in [-0.25, -0.2) is 4.79 Å². The fourth-order valence-electron chi connectivity index (χ4n) is 0.471. The van der Waals surface area contributed by atoms with E-state index >= 15 is 0 Å². The summed E-state index contributed by atoms with van der Waals surface area (Å²) in [6.07, 6.45) is 1.42. The summed E-state index contributed by atoms with van der Waals surface area (Å²) in [5.74, 6) is -0.692. The van der Waals surface area contributed by atoms with Crippen molar-refractivity contribution in [2.75, 3.05) is 19.8 Å². The molecule has 84 valence electrons. The van der Waals surface area contributed by atoms with Crippen molar-refractivity contribution in [1.29, 1.82) is 5.26 Å². The van der Waals surface area contributed by atoms with E-state index in [0.717, 1.165) is 13.2 Å². The van der Waals surface area contributed by atoms with Crippen molar-refractivity contribution < 1.29 is 14.3 Å². The highest BCUT2D eigenvalue weighted by Gasteiger charge is 2.04. The van der Waals surface area contributed by atoms with Crippen molar-refractivity contribution in [2.45, 2.75) is 13.8 Å². The Balaban J connectivity index is 0. The van der Waals surface area contributed by atoms with E-state index in [-0.39, 0.29) is 12.2 Å². The minimum Gasteiger partial charge on any atom is -0.457 e. The zero-order valence-electron chi connectivity index (χ0n) is 9.28. The van der Waals surface area contributed by atoms with Gasteiger partial charge in [0.1, 0.15) is 18.2 Å². The number of carbonyl (C=O) groups is 1. The summed E-state index contributed by atoms with van der Waals surface area (Å²) < 4.78 is 9.30. The number of nitrogens with zero attached hydrogens (tertiary/aromatic N) is 1. The number of nitriles is 1. The van der Waals surface area contributed by atoms with Crippen LogP contribution in [0.3, 0.4) is 0 Å². The number of hydrogen-bond acceptors (Lipinski definition) is 4. The molecule has 0 atom stereocenters. The molecule has 0 saturated heterocycles. The lowest BCUT2D eigenvalue weighted by atomic mass is 10.3. The molecule has 0 N–H and O–H groups in total. The van der Waals surface area contributed by atoms with Crippen molar-refractivity contribution in [3.63, 3.8) is 0 Å². The molecule has 0 radical (unpaired) electrons. The average Bonchev–Trinajstić information content (AvgIpc) is 2.26. The molecule has 0 aliphatic carbocycles. The molecule has 0 aromatic rings. The van der Waals surface area contributed by atoms with Gasteiger partial charge in [-0.15, -0.1) is 0 Å². The Bertz CT molecular complexity index is 239. The van der Waals surface area contributed by atoms with Crippen LogP contribution in [-0.4, -0.2) is 25.8 Å². The van der Waals surface area contributed by atoms with Crippen LogP contribution in [0.25, 0.3) is 0 Å². The molecule has 0 spiro atoms. The molecule has 0 saturated carbocycles. The summed E-state index contributed by atoms with van der Waals surface area (Å²) in [5, 5.41) is 8.13. The minimum absolute atomic E-state index is 0.111. The van der Waals surface area contributed by atoms with Gasteiger partial charge in [-0.05, 0) is 13.8 Å². The van der Waals surface area contributed by atoms with Crippen LogP contribution in [0, 0.1) is 11.3 Å². The van der Waals surface area contributed by atoms with E-state index in [4.69, 9.17) is 10.00 Å². The van der Waals surface area contributed by atoms with Crippen molar-refractivity contribution in [2.24, 2.45) is 0 Å². The monoisotopic (exact) mass is 211 g/mol. The molecule has 0 unspecified atom stereocenters. The fourth-order valence-corrected chi connectivity index (χ4v) is 0.471. The first-order valence-electron chi connectivity index (χ1n) is 4.58. The molecule has 0 bridgehead atoms. The highest BCUT2D eigenvalue weighted by atomic mass is 16.5. The average molecular weight is 211 g/mol. The number of rotatable bonds is 5. The predicted octanol–water partition coefficient (Wildman–Crippen LogP) is 1.84. The molecule has 0 fully saturated rings. The molecule has 0 aromatic heterocycles. The molecule has 0 amide bonds. The Morgan fingerprint density at radius 2 is 2.00 bits per heavy atom. The normalized spacial score (nSPS) is 7.80. The lowest BCUT2D eigenvalue weighted by Crippen LogP contribution is -2.05. The maximum Gasteiger partial charge on any atom is 0.348 e. The Hall–Kier alpha value is -1.60. The number of ether oxygens (including phenoxy) is 2. The van der Waals surface area contributed by atoms with Crippen molar-refractivity contribution in [3.8, 4) is 6.07 Å². The Morgan fingerprint density at radius 3 is 2.27 bits per heavy atom. The topological polar surface area (TPSA) is 59.3 Å². The van der Waals surface area contributed by atoms with Crippen LogP contribution in [0.5, 0.6) is 0 Å². The van der Waals surface area contributed by atoms with Gasteiger partial charge in [-0.2, -0.15) is 5.26 Å². The van der Waals surface area contributed by atoms with Crippen LogP contribution in [0.15, 0.2) is 24.8 Å². The van der Waals surface area contributed by atoms with E-state index in [0.29, 0.717) is 0 Å². The lowest BCUT2D eigenvalue weighted by Gasteiger charge is -1.95. The van der Waals surface area contributed by atoms with Crippen molar-refractivity contribution >= 4 is 5.97 Å². The molecule has 0 aliphatic heterocycles. The zero-order chi connectivity index (χ0) is 12.1. The van der Waals surface area contributed by atoms with Gasteiger partial charge in [0.15, 0.2) is 0 Å². The van der Waals surface area contributed by atoms with Crippen molar-refractivity contribution in [1.82, 2.24) is 0 Å². The van der Waals surface area contributed by atoms with E-state index < -0.39 is 5.97 Å². The van der Waals surface area contributed by atoms with Crippen LogP contribution in [0.1, 0.15) is 13.8 Å². The van der Waals surface area contributed by atoms with Gasteiger partial charge in [0.2, 0.25) is 0 Å². The Kier molecular flexibility index (Phi) is 13.1. The van der Waals surface area contributed by atoms with Gasteiger partial charge in [0, 0.05) is 13.2 Å². The van der Waals surface area contributed by atoms with E-state index in [1.54, 1.807) is 6.07 Å². The first-order chi connectivity index (χ1) is 7.13. The summed E-state index contributed by atoms with van der Waals surface area (Å²) in [6, 6.07) is 1.57.